The number of nitrogens with two attached hydrogens (primary N) is 1. The summed E-state index contributed by atoms with van der Waals surface area (Å²) in [6.45, 7) is 1.87. The first-order valence-corrected chi connectivity index (χ1v) is 6.42. The van der Waals surface area contributed by atoms with Gasteiger partial charge >= 0.3 is 0 Å². The zero-order valence-electron chi connectivity index (χ0n) is 10.1. The van der Waals surface area contributed by atoms with E-state index in [2.05, 4.69) is 37.7 Å². The summed E-state index contributed by atoms with van der Waals surface area (Å²) in [6.07, 6.45) is 3.70. The minimum atomic E-state index is 0.196. The van der Waals surface area contributed by atoms with Crippen LogP contribution in [0.15, 0.2) is 17.7 Å². The van der Waals surface area contributed by atoms with E-state index in [-0.39, 0.29) is 5.84 Å². The second kappa shape index (κ2) is 8.03. The van der Waals surface area contributed by atoms with E-state index in [0.717, 1.165) is 9.39 Å². The lowest BCUT2D eigenvalue weighted by Crippen LogP contribution is -2.32. The third-order valence-electron chi connectivity index (χ3n) is 2.28. The number of methoxy groups -OCH3 is 1. The Balaban J connectivity index is 2.74. The zero-order valence-corrected chi connectivity index (χ0v) is 12.2. The van der Waals surface area contributed by atoms with Crippen molar-refractivity contribution in [3.05, 3.63) is 16.1 Å². The molecule has 0 saturated carbocycles. The molecule has 0 amide bonds. The minimum absolute atomic E-state index is 0.196. The molecule has 0 bridgehead atoms. The van der Waals surface area contributed by atoms with Crippen LogP contribution in [0, 0.1) is 3.57 Å². The molecule has 1 rings (SSSR count). The van der Waals surface area contributed by atoms with Gasteiger partial charge in [0.05, 0.1) is 10.2 Å². The third kappa shape index (κ3) is 4.61. The molecule has 0 aliphatic rings. The number of halogens is 1. The second-order valence-electron chi connectivity index (χ2n) is 3.52. The Morgan fingerprint density at radius 1 is 1.61 bits per heavy atom. The molecule has 1 heterocycles. The van der Waals surface area contributed by atoms with Crippen molar-refractivity contribution in [1.29, 1.82) is 0 Å². The summed E-state index contributed by atoms with van der Waals surface area (Å²) in [5, 5.41) is 11.5. The summed E-state index contributed by atoms with van der Waals surface area (Å²) in [7, 11) is 1.65. The molecule has 0 unspecified atom stereocenters. The largest absolute Gasteiger partial charge is 0.409 e. The van der Waals surface area contributed by atoms with Gasteiger partial charge in [-0.3, -0.25) is 0 Å². The van der Waals surface area contributed by atoms with E-state index in [4.69, 9.17) is 15.7 Å². The lowest BCUT2D eigenvalue weighted by atomic mass is 10.3. The standard InChI is InChI=1S/C10H16IN5O2/c1-18-5-4-16(3-2-9(12)15-17)10-8(11)6-13-7-14-10/h6-7,17H,2-5H2,1H3,(H2,12,15). The molecule has 0 atom stereocenters. The zero-order chi connectivity index (χ0) is 13.4. The number of hydrogen-bond donors (Lipinski definition) is 2. The van der Waals surface area contributed by atoms with Gasteiger partial charge in [0, 0.05) is 32.8 Å². The van der Waals surface area contributed by atoms with Gasteiger partial charge in [0.1, 0.15) is 18.0 Å². The summed E-state index contributed by atoms with van der Waals surface area (Å²) >= 11 is 2.18. The third-order valence-corrected chi connectivity index (χ3v) is 3.04. The van der Waals surface area contributed by atoms with E-state index in [1.165, 1.54) is 6.33 Å². The molecular formula is C10H16IN5O2. The second-order valence-corrected chi connectivity index (χ2v) is 4.68. The maximum atomic E-state index is 8.54. The van der Waals surface area contributed by atoms with Crippen molar-refractivity contribution in [2.24, 2.45) is 10.9 Å². The summed E-state index contributed by atoms with van der Waals surface area (Å²) < 4.78 is 6.02. The van der Waals surface area contributed by atoms with Crippen LogP contribution in [-0.4, -0.2) is 47.8 Å². The Hall–Kier alpha value is -1.16. The number of oxime groups is 1. The monoisotopic (exact) mass is 365 g/mol. The normalized spacial score (nSPS) is 11.6. The predicted octanol–water partition coefficient (Wildman–Crippen LogP) is 0.671. The fourth-order valence-corrected chi connectivity index (χ4v) is 2.00. The van der Waals surface area contributed by atoms with Crippen LogP contribution >= 0.6 is 22.6 Å². The van der Waals surface area contributed by atoms with Gasteiger partial charge in [0.15, 0.2) is 0 Å². The van der Waals surface area contributed by atoms with Crippen molar-refractivity contribution in [3.8, 4) is 0 Å². The highest BCUT2D eigenvalue weighted by atomic mass is 127. The highest BCUT2D eigenvalue weighted by Gasteiger charge is 2.12. The van der Waals surface area contributed by atoms with Gasteiger partial charge in [0.25, 0.3) is 0 Å². The van der Waals surface area contributed by atoms with Gasteiger partial charge in [-0.2, -0.15) is 0 Å². The number of hydrogen-bond acceptors (Lipinski definition) is 6. The van der Waals surface area contributed by atoms with E-state index < -0.39 is 0 Å². The first kappa shape index (κ1) is 14.9. The molecule has 7 nitrogen and oxygen atoms in total. The molecule has 1 aromatic rings. The number of anilines is 1. The molecule has 0 aliphatic carbocycles. The van der Waals surface area contributed by atoms with Gasteiger partial charge < -0.3 is 20.6 Å². The van der Waals surface area contributed by atoms with Crippen molar-refractivity contribution in [3.63, 3.8) is 0 Å². The summed E-state index contributed by atoms with van der Waals surface area (Å²) in [5.74, 6) is 1.02. The number of amidine groups is 1. The number of aromatic nitrogens is 2. The maximum absolute atomic E-state index is 8.54. The first-order chi connectivity index (χ1) is 8.69. The SMILES string of the molecule is COCCN(CCC(N)=NO)c1ncncc1I. The molecule has 1 aromatic heterocycles. The molecule has 100 valence electrons. The smallest absolute Gasteiger partial charge is 0.145 e. The molecule has 18 heavy (non-hydrogen) atoms. The fraction of sp³-hybridized carbons (Fsp3) is 0.500. The summed E-state index contributed by atoms with van der Waals surface area (Å²) in [5.41, 5.74) is 5.47. The predicted molar refractivity (Wildman–Crippen MR) is 76.9 cm³/mol. The van der Waals surface area contributed by atoms with Crippen molar-refractivity contribution >= 4 is 34.2 Å². The Kier molecular flexibility index (Phi) is 6.65. The van der Waals surface area contributed by atoms with Crippen LogP contribution < -0.4 is 10.6 Å². The van der Waals surface area contributed by atoms with Gasteiger partial charge in [-0.15, -0.1) is 0 Å². The minimum Gasteiger partial charge on any atom is -0.409 e. The van der Waals surface area contributed by atoms with Crippen LogP contribution in [0.5, 0.6) is 0 Å². The lowest BCUT2D eigenvalue weighted by molar-refractivity contribution is 0.205. The van der Waals surface area contributed by atoms with Crippen LogP contribution in [0.25, 0.3) is 0 Å². The van der Waals surface area contributed by atoms with Crippen LogP contribution in [0.2, 0.25) is 0 Å². The molecule has 0 spiro atoms. The van der Waals surface area contributed by atoms with Crippen LogP contribution in [0.1, 0.15) is 6.42 Å². The fourth-order valence-electron chi connectivity index (χ4n) is 1.36. The van der Waals surface area contributed by atoms with Gasteiger partial charge in [-0.1, -0.05) is 5.16 Å². The Labute approximate surface area is 119 Å². The summed E-state index contributed by atoms with van der Waals surface area (Å²) in [6, 6.07) is 0. The van der Waals surface area contributed by atoms with Gasteiger partial charge in [0.2, 0.25) is 0 Å². The molecule has 0 aliphatic heterocycles. The number of nitrogens with zero attached hydrogens (tertiary/aromatic N) is 4. The van der Waals surface area contributed by atoms with E-state index in [0.29, 0.717) is 26.1 Å². The van der Waals surface area contributed by atoms with Crippen LogP contribution in [0.3, 0.4) is 0 Å². The highest BCUT2D eigenvalue weighted by Crippen LogP contribution is 2.18. The molecule has 3 N–H and O–H groups in total. The Morgan fingerprint density at radius 3 is 3.00 bits per heavy atom. The van der Waals surface area contributed by atoms with E-state index in [1.807, 2.05) is 4.90 Å². The van der Waals surface area contributed by atoms with Crippen LogP contribution in [-0.2, 0) is 4.74 Å². The molecule has 8 heteroatoms. The highest BCUT2D eigenvalue weighted by molar-refractivity contribution is 14.1. The van der Waals surface area contributed by atoms with Crippen LogP contribution in [0.4, 0.5) is 5.82 Å². The molecule has 0 radical (unpaired) electrons. The molecule has 0 fully saturated rings. The van der Waals surface area contributed by atoms with Crippen molar-refractivity contribution in [2.75, 3.05) is 31.7 Å². The average Bonchev–Trinajstić information content (AvgIpc) is 2.39. The van der Waals surface area contributed by atoms with Crippen molar-refractivity contribution < 1.29 is 9.94 Å². The van der Waals surface area contributed by atoms with Gasteiger partial charge in [-0.05, 0) is 22.6 Å². The number of rotatable bonds is 7. The summed E-state index contributed by atoms with van der Waals surface area (Å²) in [4.78, 5) is 10.2. The van der Waals surface area contributed by atoms with Gasteiger partial charge in [-0.25, -0.2) is 9.97 Å². The average molecular weight is 365 g/mol. The molecule has 0 aromatic carbocycles. The first-order valence-electron chi connectivity index (χ1n) is 5.34. The molecule has 0 saturated heterocycles. The molecular weight excluding hydrogens is 349 g/mol. The Bertz CT molecular complexity index is 402. The topological polar surface area (TPSA) is 96.9 Å². The number of ether oxygens (including phenoxy) is 1. The van der Waals surface area contributed by atoms with E-state index in [1.54, 1.807) is 13.3 Å². The Morgan fingerprint density at radius 2 is 2.39 bits per heavy atom. The lowest BCUT2D eigenvalue weighted by Gasteiger charge is -2.23. The van der Waals surface area contributed by atoms with E-state index in [9.17, 15) is 0 Å². The van der Waals surface area contributed by atoms with Crippen molar-refractivity contribution in [2.45, 2.75) is 6.42 Å². The van der Waals surface area contributed by atoms with E-state index >= 15 is 0 Å². The quantitative estimate of drug-likeness (QED) is 0.242. The van der Waals surface area contributed by atoms with Crippen molar-refractivity contribution in [1.82, 2.24) is 9.97 Å². The maximum Gasteiger partial charge on any atom is 0.145 e.